The molecule has 2 aromatic carbocycles. The highest BCUT2D eigenvalue weighted by molar-refractivity contribution is 8.00. The van der Waals surface area contributed by atoms with Gasteiger partial charge in [-0.3, -0.25) is 4.79 Å². The Morgan fingerprint density at radius 3 is 2.53 bits per heavy atom. The molecule has 7 heteroatoms. The van der Waals surface area contributed by atoms with Crippen molar-refractivity contribution in [2.75, 3.05) is 5.75 Å². The van der Waals surface area contributed by atoms with Gasteiger partial charge in [-0.25, -0.2) is 4.39 Å². The number of amides is 1. The lowest BCUT2D eigenvalue weighted by Gasteiger charge is -2.52. The Bertz CT molecular complexity index is 1130. The molecule has 1 heterocycles. The average Bonchev–Trinajstić information content (AvgIpc) is 3.63. The zero-order valence-electron chi connectivity index (χ0n) is 21.3. The molecule has 4 rings (SSSR count). The highest BCUT2D eigenvalue weighted by Crippen LogP contribution is 2.51. The number of benzene rings is 2. The van der Waals surface area contributed by atoms with Crippen LogP contribution in [0.4, 0.5) is 4.39 Å². The standard InChI is InChI=1S/C29H34Cl2FNO2S/c1-6-14-29(5)27(34)33(24(18-10-11-18)17-36-28(2,3)4)25(19-12-13-22(31)23(32)16-19)26(35-29)20-8-7-9-21(30)15-20/h6-9,12-13,15-16,18,24-26H,1,10-11,14,17H2,2-5H3/t24-,25-,26-,29-/m1/s1. The van der Waals surface area contributed by atoms with E-state index in [1.54, 1.807) is 18.2 Å². The molecule has 194 valence electrons. The first-order valence-electron chi connectivity index (χ1n) is 12.4. The Labute approximate surface area is 228 Å². The fourth-order valence-electron chi connectivity index (χ4n) is 4.93. The van der Waals surface area contributed by atoms with E-state index in [2.05, 4.69) is 27.4 Å². The van der Waals surface area contributed by atoms with Crippen LogP contribution in [0.15, 0.2) is 55.1 Å². The first-order chi connectivity index (χ1) is 16.9. The molecule has 1 amide bonds. The van der Waals surface area contributed by atoms with Gasteiger partial charge in [0.1, 0.15) is 17.5 Å². The van der Waals surface area contributed by atoms with Gasteiger partial charge in [0.15, 0.2) is 0 Å². The van der Waals surface area contributed by atoms with E-state index >= 15 is 0 Å². The fraction of sp³-hybridized carbons (Fsp3) is 0.483. The molecular formula is C29H34Cl2FNO2S. The quantitative estimate of drug-likeness (QED) is 0.309. The zero-order chi connectivity index (χ0) is 26.3. The van der Waals surface area contributed by atoms with Crippen LogP contribution < -0.4 is 0 Å². The average molecular weight is 551 g/mol. The fourth-order valence-corrected chi connectivity index (χ4v) is 6.35. The van der Waals surface area contributed by atoms with Crippen molar-refractivity contribution in [3.05, 3.63) is 82.1 Å². The van der Waals surface area contributed by atoms with E-state index in [1.165, 1.54) is 6.07 Å². The number of carbonyl (C=O) groups is 1. The number of nitrogens with zero attached hydrogens (tertiary/aromatic N) is 1. The smallest absolute Gasteiger partial charge is 0.255 e. The van der Waals surface area contributed by atoms with Crippen LogP contribution in [0.25, 0.3) is 0 Å². The number of halogens is 3. The van der Waals surface area contributed by atoms with E-state index in [0.29, 0.717) is 22.9 Å². The minimum atomic E-state index is -1.10. The predicted octanol–water partition coefficient (Wildman–Crippen LogP) is 8.42. The summed E-state index contributed by atoms with van der Waals surface area (Å²) >= 11 is 14.3. The van der Waals surface area contributed by atoms with Gasteiger partial charge in [0.2, 0.25) is 0 Å². The van der Waals surface area contributed by atoms with Gasteiger partial charge in [-0.15, -0.1) is 6.58 Å². The van der Waals surface area contributed by atoms with Gasteiger partial charge < -0.3 is 9.64 Å². The molecule has 3 nitrogen and oxygen atoms in total. The summed E-state index contributed by atoms with van der Waals surface area (Å²) in [6.07, 6.45) is 3.69. The van der Waals surface area contributed by atoms with E-state index in [0.717, 1.165) is 24.2 Å². The van der Waals surface area contributed by atoms with Crippen molar-refractivity contribution in [2.45, 2.75) is 75.5 Å². The normalized spacial score (nSPS) is 25.6. The first kappa shape index (κ1) is 27.5. The third-order valence-corrected chi connectivity index (χ3v) is 8.78. The zero-order valence-corrected chi connectivity index (χ0v) is 23.6. The summed E-state index contributed by atoms with van der Waals surface area (Å²) in [6, 6.07) is 11.7. The van der Waals surface area contributed by atoms with Gasteiger partial charge in [-0.2, -0.15) is 11.8 Å². The maximum absolute atomic E-state index is 14.8. The number of rotatable bonds is 8. The van der Waals surface area contributed by atoms with Crippen LogP contribution in [0.1, 0.15) is 70.2 Å². The van der Waals surface area contributed by atoms with Crippen molar-refractivity contribution >= 4 is 40.9 Å². The summed E-state index contributed by atoms with van der Waals surface area (Å²) in [5.74, 6) is 0.582. The van der Waals surface area contributed by atoms with Gasteiger partial charge >= 0.3 is 0 Å². The van der Waals surface area contributed by atoms with Crippen molar-refractivity contribution in [2.24, 2.45) is 5.92 Å². The third-order valence-electron chi connectivity index (χ3n) is 6.87. The number of carbonyl (C=O) groups excluding carboxylic acids is 1. The molecule has 2 fully saturated rings. The van der Waals surface area contributed by atoms with Crippen molar-refractivity contribution in [3.8, 4) is 0 Å². The summed E-state index contributed by atoms with van der Waals surface area (Å²) < 4.78 is 21.5. The highest BCUT2D eigenvalue weighted by atomic mass is 35.5. The molecule has 0 bridgehead atoms. The number of hydrogen-bond acceptors (Lipinski definition) is 3. The Morgan fingerprint density at radius 2 is 1.94 bits per heavy atom. The largest absolute Gasteiger partial charge is 0.355 e. The van der Waals surface area contributed by atoms with E-state index < -0.39 is 23.6 Å². The topological polar surface area (TPSA) is 29.5 Å². The minimum Gasteiger partial charge on any atom is -0.355 e. The van der Waals surface area contributed by atoms with Crippen molar-refractivity contribution < 1.29 is 13.9 Å². The van der Waals surface area contributed by atoms with Crippen molar-refractivity contribution in [1.82, 2.24) is 4.90 Å². The van der Waals surface area contributed by atoms with E-state index in [-0.39, 0.29) is 21.7 Å². The molecular weight excluding hydrogens is 516 g/mol. The van der Waals surface area contributed by atoms with Crippen LogP contribution in [0, 0.1) is 11.7 Å². The molecule has 4 atom stereocenters. The van der Waals surface area contributed by atoms with Crippen LogP contribution in [0.5, 0.6) is 0 Å². The monoisotopic (exact) mass is 549 g/mol. The second-order valence-electron chi connectivity index (χ2n) is 11.0. The molecule has 0 N–H and O–H groups in total. The number of morpholine rings is 1. The lowest BCUT2D eigenvalue weighted by atomic mass is 9.85. The second kappa shape index (κ2) is 10.7. The number of thioether (sulfide) groups is 1. The van der Waals surface area contributed by atoms with Gasteiger partial charge in [0.05, 0.1) is 11.1 Å². The lowest BCUT2D eigenvalue weighted by molar-refractivity contribution is -0.202. The number of ether oxygens (including phenoxy) is 1. The molecule has 0 radical (unpaired) electrons. The van der Waals surface area contributed by atoms with Crippen LogP contribution >= 0.6 is 35.0 Å². The first-order valence-corrected chi connectivity index (χ1v) is 14.1. The van der Waals surface area contributed by atoms with Crippen molar-refractivity contribution in [3.63, 3.8) is 0 Å². The van der Waals surface area contributed by atoms with E-state index in [4.69, 9.17) is 27.9 Å². The van der Waals surface area contributed by atoms with E-state index in [9.17, 15) is 9.18 Å². The lowest BCUT2D eigenvalue weighted by Crippen LogP contribution is -2.61. The van der Waals surface area contributed by atoms with Gasteiger partial charge in [0.25, 0.3) is 5.91 Å². The molecule has 1 aliphatic heterocycles. The molecule has 2 aliphatic rings. The number of hydrogen-bond donors (Lipinski definition) is 0. The maximum Gasteiger partial charge on any atom is 0.255 e. The Balaban J connectivity index is 1.90. The summed E-state index contributed by atoms with van der Waals surface area (Å²) in [5, 5.41) is 0.624. The summed E-state index contributed by atoms with van der Waals surface area (Å²) in [4.78, 5) is 16.3. The molecule has 1 aliphatic carbocycles. The summed E-state index contributed by atoms with van der Waals surface area (Å²) in [7, 11) is 0. The highest BCUT2D eigenvalue weighted by Gasteiger charge is 2.54. The molecule has 0 unspecified atom stereocenters. The van der Waals surface area contributed by atoms with Gasteiger partial charge in [-0.05, 0) is 61.1 Å². The van der Waals surface area contributed by atoms with Crippen LogP contribution in [-0.2, 0) is 9.53 Å². The maximum atomic E-state index is 14.8. The molecule has 1 saturated heterocycles. The Hall–Kier alpha value is -1.53. The molecule has 0 spiro atoms. The Kier molecular flexibility index (Phi) is 8.16. The molecule has 2 aromatic rings. The van der Waals surface area contributed by atoms with Gasteiger partial charge in [-0.1, -0.05) is 68.2 Å². The van der Waals surface area contributed by atoms with Crippen LogP contribution in [0.3, 0.4) is 0 Å². The van der Waals surface area contributed by atoms with Gasteiger partial charge in [0, 0.05) is 28.0 Å². The SMILES string of the molecule is C=CC[C@@]1(C)O[C@H](c2cccc(Cl)c2)[C@@H](c2ccc(Cl)c(F)c2)N([C@H](CSC(C)(C)C)C2CC2)C1=O. The summed E-state index contributed by atoms with van der Waals surface area (Å²) in [6.45, 7) is 12.3. The molecule has 0 aromatic heterocycles. The Morgan fingerprint density at radius 1 is 1.22 bits per heavy atom. The van der Waals surface area contributed by atoms with Crippen LogP contribution in [-0.4, -0.2) is 32.9 Å². The minimum absolute atomic E-state index is 0.0137. The van der Waals surface area contributed by atoms with Crippen molar-refractivity contribution in [1.29, 1.82) is 0 Å². The molecule has 36 heavy (non-hydrogen) atoms. The predicted molar refractivity (Wildman–Crippen MR) is 148 cm³/mol. The summed E-state index contributed by atoms with van der Waals surface area (Å²) in [5.41, 5.74) is 0.395. The van der Waals surface area contributed by atoms with E-state index in [1.807, 2.05) is 47.9 Å². The molecule has 1 saturated carbocycles. The second-order valence-corrected chi connectivity index (χ2v) is 13.7. The third kappa shape index (κ3) is 5.96. The van der Waals surface area contributed by atoms with Crippen LogP contribution in [0.2, 0.25) is 10.0 Å².